The van der Waals surface area contributed by atoms with Gasteiger partial charge in [0.05, 0.1) is 25.3 Å². The highest BCUT2D eigenvalue weighted by atomic mass is 19.1. The molecule has 0 heterocycles. The number of esters is 2. The zero-order chi connectivity index (χ0) is 19.3. The first-order valence-electron chi connectivity index (χ1n) is 7.39. The lowest BCUT2D eigenvalue weighted by molar-refractivity contribution is -0.125. The van der Waals surface area contributed by atoms with E-state index in [0.29, 0.717) is 5.56 Å². The zero-order valence-electron chi connectivity index (χ0n) is 14.0. The third-order valence-electron chi connectivity index (χ3n) is 3.43. The van der Waals surface area contributed by atoms with Gasteiger partial charge in [-0.25, -0.2) is 14.0 Å². The summed E-state index contributed by atoms with van der Waals surface area (Å²) in [6.45, 7) is 0. The Morgan fingerprint density at radius 1 is 0.923 bits per heavy atom. The SMILES string of the molecule is COC(=O)c1cc(OC(C(N)=O)c2ccc(F)cc2)cc(C(=O)OC)c1. The van der Waals surface area contributed by atoms with E-state index in [1.165, 1.54) is 44.6 Å². The molecule has 1 amide bonds. The lowest BCUT2D eigenvalue weighted by Crippen LogP contribution is -2.26. The lowest BCUT2D eigenvalue weighted by Gasteiger charge is -2.17. The molecule has 1 unspecified atom stereocenters. The Morgan fingerprint density at radius 3 is 1.85 bits per heavy atom. The maximum atomic E-state index is 13.1. The molecule has 0 aliphatic heterocycles. The number of methoxy groups -OCH3 is 2. The van der Waals surface area contributed by atoms with Gasteiger partial charge in [-0.2, -0.15) is 0 Å². The van der Waals surface area contributed by atoms with Crippen molar-refractivity contribution < 1.29 is 33.0 Å². The van der Waals surface area contributed by atoms with Gasteiger partial charge in [-0.05, 0) is 30.3 Å². The number of ether oxygens (including phenoxy) is 3. The second kappa shape index (κ2) is 8.11. The van der Waals surface area contributed by atoms with Crippen molar-refractivity contribution in [2.24, 2.45) is 5.73 Å². The van der Waals surface area contributed by atoms with Crippen molar-refractivity contribution in [2.75, 3.05) is 14.2 Å². The van der Waals surface area contributed by atoms with Gasteiger partial charge in [0.25, 0.3) is 5.91 Å². The molecule has 136 valence electrons. The van der Waals surface area contributed by atoms with Gasteiger partial charge in [-0.15, -0.1) is 0 Å². The summed E-state index contributed by atoms with van der Waals surface area (Å²) < 4.78 is 27.9. The number of benzene rings is 2. The van der Waals surface area contributed by atoms with Gasteiger partial charge < -0.3 is 19.9 Å². The summed E-state index contributed by atoms with van der Waals surface area (Å²) in [5.41, 5.74) is 5.71. The Balaban J connectivity index is 2.44. The van der Waals surface area contributed by atoms with Crippen molar-refractivity contribution in [1.82, 2.24) is 0 Å². The molecule has 1 atom stereocenters. The van der Waals surface area contributed by atoms with E-state index in [1.54, 1.807) is 0 Å². The first kappa shape index (κ1) is 18.9. The highest BCUT2D eigenvalue weighted by molar-refractivity contribution is 5.96. The fourth-order valence-corrected chi connectivity index (χ4v) is 2.20. The highest BCUT2D eigenvalue weighted by Gasteiger charge is 2.22. The van der Waals surface area contributed by atoms with E-state index in [1.807, 2.05) is 0 Å². The number of carbonyl (C=O) groups excluding carboxylic acids is 3. The summed E-state index contributed by atoms with van der Waals surface area (Å²) in [5.74, 6) is -2.73. The van der Waals surface area contributed by atoms with Crippen LogP contribution in [0.4, 0.5) is 4.39 Å². The number of amides is 1. The summed E-state index contributed by atoms with van der Waals surface area (Å²) in [7, 11) is 2.36. The Morgan fingerprint density at radius 2 is 1.42 bits per heavy atom. The van der Waals surface area contributed by atoms with E-state index < -0.39 is 29.8 Å². The topological polar surface area (TPSA) is 105 Å². The Bertz CT molecular complexity index is 800. The molecule has 0 fully saturated rings. The van der Waals surface area contributed by atoms with Crippen LogP contribution in [-0.4, -0.2) is 32.1 Å². The van der Waals surface area contributed by atoms with Gasteiger partial charge in [0, 0.05) is 5.56 Å². The molecular formula is C18H16FNO6. The van der Waals surface area contributed by atoms with Crippen LogP contribution in [0.5, 0.6) is 5.75 Å². The number of primary amides is 1. The third kappa shape index (κ3) is 4.35. The largest absolute Gasteiger partial charge is 0.476 e. The molecular weight excluding hydrogens is 345 g/mol. The molecule has 0 aliphatic carbocycles. The van der Waals surface area contributed by atoms with Gasteiger partial charge in [-0.1, -0.05) is 12.1 Å². The number of rotatable bonds is 6. The Hall–Kier alpha value is -3.42. The fraction of sp³-hybridized carbons (Fsp3) is 0.167. The van der Waals surface area contributed by atoms with E-state index in [4.69, 9.17) is 10.5 Å². The average Bonchev–Trinajstić information content (AvgIpc) is 2.65. The minimum absolute atomic E-state index is 0.0152. The molecule has 0 aromatic heterocycles. The number of hydrogen-bond donors (Lipinski definition) is 1. The van der Waals surface area contributed by atoms with Crippen molar-refractivity contribution in [3.05, 3.63) is 65.0 Å². The van der Waals surface area contributed by atoms with Gasteiger partial charge in [0.15, 0.2) is 0 Å². The number of halogens is 1. The quantitative estimate of drug-likeness (QED) is 0.789. The first-order chi connectivity index (χ1) is 12.3. The molecule has 8 heteroatoms. The van der Waals surface area contributed by atoms with Crippen LogP contribution in [0.2, 0.25) is 0 Å². The van der Waals surface area contributed by atoms with E-state index >= 15 is 0 Å². The maximum Gasteiger partial charge on any atom is 0.338 e. The summed E-state index contributed by atoms with van der Waals surface area (Å²) >= 11 is 0. The summed E-state index contributed by atoms with van der Waals surface area (Å²) in [4.78, 5) is 35.3. The van der Waals surface area contributed by atoms with Crippen LogP contribution in [0.3, 0.4) is 0 Å². The lowest BCUT2D eigenvalue weighted by atomic mass is 10.1. The van der Waals surface area contributed by atoms with Crippen LogP contribution in [0.15, 0.2) is 42.5 Å². The number of hydrogen-bond acceptors (Lipinski definition) is 6. The molecule has 0 aliphatic rings. The van der Waals surface area contributed by atoms with Crippen LogP contribution in [0.1, 0.15) is 32.4 Å². The summed E-state index contributed by atoms with van der Waals surface area (Å²) in [6.07, 6.45) is -1.26. The highest BCUT2D eigenvalue weighted by Crippen LogP contribution is 2.25. The van der Waals surface area contributed by atoms with Gasteiger partial charge in [-0.3, -0.25) is 4.79 Å². The van der Waals surface area contributed by atoms with Gasteiger partial charge >= 0.3 is 11.9 Å². The molecule has 7 nitrogen and oxygen atoms in total. The molecule has 2 aromatic rings. The van der Waals surface area contributed by atoms with Crippen LogP contribution in [0, 0.1) is 5.82 Å². The summed E-state index contributed by atoms with van der Waals surface area (Å²) in [6, 6.07) is 8.84. The van der Waals surface area contributed by atoms with Gasteiger partial charge in [0.2, 0.25) is 6.10 Å². The summed E-state index contributed by atoms with van der Waals surface area (Å²) in [5, 5.41) is 0. The molecule has 0 saturated carbocycles. The van der Waals surface area contributed by atoms with Crippen molar-refractivity contribution in [3.63, 3.8) is 0 Å². The molecule has 0 bridgehead atoms. The minimum atomic E-state index is -1.26. The van der Waals surface area contributed by atoms with Gasteiger partial charge in [0.1, 0.15) is 11.6 Å². The molecule has 2 rings (SSSR count). The molecule has 26 heavy (non-hydrogen) atoms. The van der Waals surface area contributed by atoms with Crippen LogP contribution in [-0.2, 0) is 14.3 Å². The van der Waals surface area contributed by atoms with E-state index in [-0.39, 0.29) is 16.9 Å². The zero-order valence-corrected chi connectivity index (χ0v) is 14.0. The predicted molar refractivity (Wildman–Crippen MR) is 88.1 cm³/mol. The number of carbonyl (C=O) groups is 3. The van der Waals surface area contributed by atoms with E-state index in [9.17, 15) is 18.8 Å². The second-order valence-corrected chi connectivity index (χ2v) is 5.18. The van der Waals surface area contributed by atoms with E-state index in [2.05, 4.69) is 9.47 Å². The minimum Gasteiger partial charge on any atom is -0.476 e. The molecule has 2 N–H and O–H groups in total. The smallest absolute Gasteiger partial charge is 0.338 e. The predicted octanol–water partition coefficient (Wildman–Crippen LogP) is 2.00. The van der Waals surface area contributed by atoms with Crippen LogP contribution >= 0.6 is 0 Å². The average molecular weight is 361 g/mol. The monoisotopic (exact) mass is 361 g/mol. The Labute approximate surface area is 148 Å². The van der Waals surface area contributed by atoms with E-state index in [0.717, 1.165) is 12.1 Å². The van der Waals surface area contributed by atoms with Crippen molar-refractivity contribution in [1.29, 1.82) is 0 Å². The van der Waals surface area contributed by atoms with Crippen LogP contribution in [0.25, 0.3) is 0 Å². The first-order valence-corrected chi connectivity index (χ1v) is 7.39. The van der Waals surface area contributed by atoms with Crippen molar-refractivity contribution in [2.45, 2.75) is 6.10 Å². The molecule has 0 radical (unpaired) electrons. The fourth-order valence-electron chi connectivity index (χ4n) is 2.20. The third-order valence-corrected chi connectivity index (χ3v) is 3.43. The normalized spacial score (nSPS) is 11.3. The second-order valence-electron chi connectivity index (χ2n) is 5.18. The van der Waals surface area contributed by atoms with Crippen molar-refractivity contribution >= 4 is 17.8 Å². The maximum absolute atomic E-state index is 13.1. The molecule has 0 spiro atoms. The molecule has 0 saturated heterocycles. The van der Waals surface area contributed by atoms with Crippen molar-refractivity contribution in [3.8, 4) is 5.75 Å². The number of nitrogens with two attached hydrogens (primary N) is 1. The standard InChI is InChI=1S/C18H16FNO6/c1-24-17(22)11-7-12(18(23)25-2)9-14(8-11)26-15(16(20)21)10-3-5-13(19)6-4-10/h3-9,15H,1-2H3,(H2,20,21). The molecule has 2 aromatic carbocycles. The Kier molecular flexibility index (Phi) is 5.90. The van der Waals surface area contributed by atoms with Crippen LogP contribution < -0.4 is 10.5 Å².